The van der Waals surface area contributed by atoms with Crippen LogP contribution in [0.25, 0.3) is 11.0 Å². The molecule has 6 heteroatoms. The van der Waals surface area contributed by atoms with E-state index >= 15 is 0 Å². The summed E-state index contributed by atoms with van der Waals surface area (Å²) in [5, 5.41) is 0.676. The maximum Gasteiger partial charge on any atom is 0.263 e. The second-order valence-electron chi connectivity index (χ2n) is 6.61. The number of benzene rings is 2. The van der Waals surface area contributed by atoms with E-state index in [9.17, 15) is 4.79 Å². The molecule has 0 saturated heterocycles. The second-order valence-corrected chi connectivity index (χ2v) is 7.04. The van der Waals surface area contributed by atoms with E-state index in [1.54, 1.807) is 4.90 Å². The summed E-state index contributed by atoms with van der Waals surface area (Å²) in [5.74, 6) is 1.68. The Morgan fingerprint density at radius 1 is 1.35 bits per heavy atom. The van der Waals surface area contributed by atoms with Crippen LogP contribution in [0.4, 0.5) is 0 Å². The molecule has 1 atom stereocenters. The van der Waals surface area contributed by atoms with Crippen molar-refractivity contribution < 1.29 is 9.53 Å². The summed E-state index contributed by atoms with van der Waals surface area (Å²) in [7, 11) is 1.81. The van der Waals surface area contributed by atoms with Gasteiger partial charge in [0.15, 0.2) is 6.10 Å². The summed E-state index contributed by atoms with van der Waals surface area (Å²) >= 11 is 6.00. The quantitative estimate of drug-likeness (QED) is 0.764. The number of para-hydroxylation sites is 1. The Balaban J connectivity index is 1.38. The van der Waals surface area contributed by atoms with E-state index in [2.05, 4.69) is 9.97 Å². The smallest absolute Gasteiger partial charge is 0.263 e. The van der Waals surface area contributed by atoms with Crippen molar-refractivity contribution in [1.29, 1.82) is 0 Å². The van der Waals surface area contributed by atoms with E-state index in [4.69, 9.17) is 16.3 Å². The molecule has 0 fully saturated rings. The number of ether oxygens (including phenoxy) is 1. The third-order valence-electron chi connectivity index (χ3n) is 4.75. The Morgan fingerprint density at radius 2 is 2.19 bits per heavy atom. The van der Waals surface area contributed by atoms with Crippen LogP contribution >= 0.6 is 11.6 Å². The summed E-state index contributed by atoms with van der Waals surface area (Å²) in [5.41, 5.74) is 2.96. The van der Waals surface area contributed by atoms with Gasteiger partial charge in [0.2, 0.25) is 0 Å². The molecule has 0 bridgehead atoms. The number of nitrogens with one attached hydrogen (secondary N) is 1. The molecular formula is C20H20ClN3O2. The van der Waals surface area contributed by atoms with Crippen molar-refractivity contribution in [2.24, 2.45) is 0 Å². The van der Waals surface area contributed by atoms with E-state index in [1.807, 2.05) is 49.5 Å². The van der Waals surface area contributed by atoms with Crippen molar-refractivity contribution in [3.63, 3.8) is 0 Å². The molecule has 0 aliphatic carbocycles. The van der Waals surface area contributed by atoms with Crippen LogP contribution in [0.15, 0.2) is 42.5 Å². The highest BCUT2D eigenvalue weighted by Crippen LogP contribution is 2.27. The van der Waals surface area contributed by atoms with Gasteiger partial charge in [-0.3, -0.25) is 4.79 Å². The summed E-state index contributed by atoms with van der Waals surface area (Å²) in [6, 6.07) is 13.5. The van der Waals surface area contributed by atoms with Gasteiger partial charge < -0.3 is 14.6 Å². The molecule has 0 radical (unpaired) electrons. The highest BCUT2D eigenvalue weighted by molar-refractivity contribution is 6.31. The van der Waals surface area contributed by atoms with E-state index in [0.717, 1.165) is 29.0 Å². The first kappa shape index (κ1) is 16.9. The van der Waals surface area contributed by atoms with Crippen molar-refractivity contribution in [3.8, 4) is 5.75 Å². The van der Waals surface area contributed by atoms with Gasteiger partial charge in [0.25, 0.3) is 5.91 Å². The van der Waals surface area contributed by atoms with Crippen LogP contribution in [0.3, 0.4) is 0 Å². The number of aromatic amines is 1. The fraction of sp³-hybridized carbons (Fsp3) is 0.300. The van der Waals surface area contributed by atoms with Crippen molar-refractivity contribution in [2.45, 2.75) is 25.4 Å². The number of amides is 1. The van der Waals surface area contributed by atoms with Gasteiger partial charge in [0, 0.05) is 25.0 Å². The van der Waals surface area contributed by atoms with Crippen molar-refractivity contribution >= 4 is 28.5 Å². The topological polar surface area (TPSA) is 58.2 Å². The highest BCUT2D eigenvalue weighted by atomic mass is 35.5. The minimum atomic E-state index is -0.413. The minimum Gasteiger partial charge on any atom is -0.480 e. The molecule has 1 aromatic heterocycles. The molecule has 2 aromatic carbocycles. The molecule has 1 amide bonds. The highest BCUT2D eigenvalue weighted by Gasteiger charge is 2.28. The largest absolute Gasteiger partial charge is 0.480 e. The lowest BCUT2D eigenvalue weighted by Gasteiger charge is -2.28. The maximum absolute atomic E-state index is 12.7. The van der Waals surface area contributed by atoms with E-state index in [1.165, 1.54) is 5.56 Å². The Labute approximate surface area is 156 Å². The monoisotopic (exact) mass is 369 g/mol. The third kappa shape index (κ3) is 3.40. The molecule has 1 aliphatic heterocycles. The van der Waals surface area contributed by atoms with Crippen molar-refractivity contribution in [3.05, 3.63) is 58.9 Å². The maximum atomic E-state index is 12.7. The number of likely N-dealkylation sites (N-methyl/N-ethyl adjacent to an activating group) is 1. The zero-order valence-electron chi connectivity index (χ0n) is 14.5. The minimum absolute atomic E-state index is 0.0126. The molecule has 1 aliphatic rings. The first-order valence-electron chi connectivity index (χ1n) is 8.74. The number of aromatic nitrogens is 2. The summed E-state index contributed by atoms with van der Waals surface area (Å²) in [6.07, 6.45) is 1.82. The number of carbonyl (C=O) groups excluding carboxylic acids is 1. The molecule has 3 aromatic rings. The molecule has 26 heavy (non-hydrogen) atoms. The average molecular weight is 370 g/mol. The lowest BCUT2D eigenvalue weighted by molar-refractivity contribution is -0.138. The zero-order chi connectivity index (χ0) is 18.1. The Morgan fingerprint density at radius 3 is 3.08 bits per heavy atom. The molecule has 134 valence electrons. The normalized spacial score (nSPS) is 16.2. The number of hydrogen-bond donors (Lipinski definition) is 1. The Bertz CT molecular complexity index is 953. The number of aryl methyl sites for hydroxylation is 1. The van der Waals surface area contributed by atoms with Crippen LogP contribution < -0.4 is 4.74 Å². The Hall–Kier alpha value is -2.53. The van der Waals surface area contributed by atoms with E-state index in [-0.39, 0.29) is 5.91 Å². The van der Waals surface area contributed by atoms with Gasteiger partial charge in [-0.25, -0.2) is 4.98 Å². The lowest BCUT2D eigenvalue weighted by Crippen LogP contribution is -2.42. The fourth-order valence-corrected chi connectivity index (χ4v) is 3.45. The standard InChI is InChI=1S/C20H20ClN3O2/c1-24(11-10-19-22-15-8-7-14(21)12-16(15)23-19)20(25)18-9-6-13-4-2-3-5-17(13)26-18/h2-5,7-8,12,18H,6,9-11H2,1H3,(H,22,23)/t18-/m0/s1. The molecule has 2 heterocycles. The molecule has 0 saturated carbocycles. The second kappa shape index (κ2) is 7.00. The van der Waals surface area contributed by atoms with Gasteiger partial charge in [-0.15, -0.1) is 0 Å². The number of fused-ring (bicyclic) bond motifs is 2. The van der Waals surface area contributed by atoms with Crippen LogP contribution in [0, 0.1) is 0 Å². The van der Waals surface area contributed by atoms with E-state index < -0.39 is 6.10 Å². The van der Waals surface area contributed by atoms with E-state index in [0.29, 0.717) is 24.4 Å². The molecule has 5 nitrogen and oxygen atoms in total. The van der Waals surface area contributed by atoms with Crippen LogP contribution in [-0.2, 0) is 17.6 Å². The third-order valence-corrected chi connectivity index (χ3v) is 4.98. The van der Waals surface area contributed by atoms with Crippen molar-refractivity contribution in [2.75, 3.05) is 13.6 Å². The fourth-order valence-electron chi connectivity index (χ4n) is 3.28. The van der Waals surface area contributed by atoms with Gasteiger partial charge in [0.05, 0.1) is 11.0 Å². The molecule has 0 unspecified atom stereocenters. The Kier molecular flexibility index (Phi) is 4.55. The SMILES string of the molecule is CN(CCc1nc2ccc(Cl)cc2[nH]1)C(=O)[C@@H]1CCc2ccccc2O1. The van der Waals surface area contributed by atoms with Crippen LogP contribution in [0.5, 0.6) is 5.75 Å². The predicted octanol–water partition coefficient (Wildman–Crippen LogP) is 3.61. The first-order chi connectivity index (χ1) is 12.6. The predicted molar refractivity (Wildman–Crippen MR) is 102 cm³/mol. The zero-order valence-corrected chi connectivity index (χ0v) is 15.3. The molecule has 4 rings (SSSR count). The number of H-pyrrole nitrogens is 1. The van der Waals surface area contributed by atoms with Gasteiger partial charge in [-0.05, 0) is 42.7 Å². The number of hydrogen-bond acceptors (Lipinski definition) is 3. The number of carbonyl (C=O) groups is 1. The van der Waals surface area contributed by atoms with Crippen LogP contribution in [-0.4, -0.2) is 40.5 Å². The number of imidazole rings is 1. The van der Waals surface area contributed by atoms with Gasteiger partial charge in [-0.1, -0.05) is 29.8 Å². The van der Waals surface area contributed by atoms with Crippen LogP contribution in [0.2, 0.25) is 5.02 Å². The number of nitrogens with zero attached hydrogens (tertiary/aromatic N) is 2. The molecule has 0 spiro atoms. The number of rotatable bonds is 4. The van der Waals surface area contributed by atoms with Gasteiger partial charge in [0.1, 0.15) is 11.6 Å². The summed E-state index contributed by atoms with van der Waals surface area (Å²) in [6.45, 7) is 0.577. The number of halogens is 1. The van der Waals surface area contributed by atoms with Crippen molar-refractivity contribution in [1.82, 2.24) is 14.9 Å². The summed E-state index contributed by atoms with van der Waals surface area (Å²) in [4.78, 5) is 22.2. The van der Waals surface area contributed by atoms with Gasteiger partial charge in [-0.2, -0.15) is 0 Å². The van der Waals surface area contributed by atoms with Gasteiger partial charge >= 0.3 is 0 Å². The lowest BCUT2D eigenvalue weighted by atomic mass is 10.0. The first-order valence-corrected chi connectivity index (χ1v) is 9.11. The molecular weight excluding hydrogens is 350 g/mol. The average Bonchev–Trinajstić information content (AvgIpc) is 3.07. The van der Waals surface area contributed by atoms with Crippen LogP contribution in [0.1, 0.15) is 17.8 Å². The summed E-state index contributed by atoms with van der Waals surface area (Å²) < 4.78 is 5.90. The molecule has 1 N–H and O–H groups in total.